The van der Waals surface area contributed by atoms with Crippen molar-refractivity contribution >= 4 is 5.91 Å². The van der Waals surface area contributed by atoms with Crippen molar-refractivity contribution in [3.8, 4) is 5.75 Å². The topological polar surface area (TPSA) is 64.4 Å². The van der Waals surface area contributed by atoms with Crippen molar-refractivity contribution in [2.24, 2.45) is 0 Å². The summed E-state index contributed by atoms with van der Waals surface area (Å²) < 4.78 is 7.79. The third kappa shape index (κ3) is 4.00. The molecule has 1 aromatic carbocycles. The van der Waals surface area contributed by atoms with Gasteiger partial charge in [0.05, 0.1) is 6.61 Å². The van der Waals surface area contributed by atoms with Gasteiger partial charge in [0, 0.05) is 31.5 Å². The summed E-state index contributed by atoms with van der Waals surface area (Å²) >= 11 is 0. The summed E-state index contributed by atoms with van der Waals surface area (Å²) in [4.78, 5) is 32.5. The van der Waals surface area contributed by atoms with Crippen molar-refractivity contribution in [2.45, 2.75) is 76.8 Å². The van der Waals surface area contributed by atoms with Crippen LogP contribution in [0.1, 0.15) is 74.2 Å². The summed E-state index contributed by atoms with van der Waals surface area (Å²) in [5.74, 6) is 0.661. The maximum absolute atomic E-state index is 13.2. The molecule has 0 saturated heterocycles. The van der Waals surface area contributed by atoms with Crippen LogP contribution in [0.4, 0.5) is 0 Å². The molecule has 6 heteroatoms. The van der Waals surface area contributed by atoms with Crippen LogP contribution in [0.3, 0.4) is 0 Å². The van der Waals surface area contributed by atoms with Crippen LogP contribution in [0.25, 0.3) is 0 Å². The average Bonchev–Trinajstić information content (AvgIpc) is 3.25. The predicted octanol–water partition coefficient (Wildman–Crippen LogP) is 3.95. The third-order valence-electron chi connectivity index (χ3n) is 7.04. The predicted molar refractivity (Wildman–Crippen MR) is 121 cm³/mol. The Hall–Kier alpha value is -2.63. The number of nitrogens with zero attached hydrogens (tertiary/aromatic N) is 3. The first-order valence-corrected chi connectivity index (χ1v) is 11.6. The fourth-order valence-electron chi connectivity index (χ4n) is 5.04. The zero-order valence-electron chi connectivity index (χ0n) is 18.9. The number of amides is 1. The van der Waals surface area contributed by atoms with Crippen molar-refractivity contribution in [3.05, 3.63) is 57.8 Å². The minimum Gasteiger partial charge on any atom is -0.486 e. The van der Waals surface area contributed by atoms with Gasteiger partial charge in [-0.3, -0.25) is 9.59 Å². The number of carbonyl (C=O) groups is 1. The highest BCUT2D eigenvalue weighted by molar-refractivity contribution is 5.96. The molecule has 2 aliphatic rings. The molecule has 1 unspecified atom stereocenters. The van der Waals surface area contributed by atoms with Crippen molar-refractivity contribution < 1.29 is 9.53 Å². The van der Waals surface area contributed by atoms with Gasteiger partial charge >= 0.3 is 5.56 Å². The fourth-order valence-corrected chi connectivity index (χ4v) is 5.04. The van der Waals surface area contributed by atoms with E-state index in [9.17, 15) is 9.59 Å². The summed E-state index contributed by atoms with van der Waals surface area (Å²) in [5, 5.41) is 0. The molecule has 1 aliphatic heterocycles. The number of benzene rings is 1. The largest absolute Gasteiger partial charge is 0.486 e. The van der Waals surface area contributed by atoms with E-state index >= 15 is 0 Å². The Morgan fingerprint density at radius 2 is 1.87 bits per heavy atom. The highest BCUT2D eigenvalue weighted by Gasteiger charge is 2.39. The molecule has 1 atom stereocenters. The Labute approximate surface area is 184 Å². The number of likely N-dealkylation sites (N-methyl/N-ethyl adjacent to an activating group) is 1. The van der Waals surface area contributed by atoms with E-state index in [2.05, 4.69) is 36.2 Å². The van der Waals surface area contributed by atoms with Crippen molar-refractivity contribution in [1.82, 2.24) is 14.5 Å². The summed E-state index contributed by atoms with van der Waals surface area (Å²) in [6.07, 6.45) is 6.93. The lowest BCUT2D eigenvalue weighted by Crippen LogP contribution is -2.47. The average molecular weight is 424 g/mol. The van der Waals surface area contributed by atoms with E-state index in [-0.39, 0.29) is 23.1 Å². The molecule has 166 valence electrons. The summed E-state index contributed by atoms with van der Waals surface area (Å²) in [6, 6.07) is 10.6. The van der Waals surface area contributed by atoms with Crippen LogP contribution in [-0.2, 0) is 18.4 Å². The quantitative estimate of drug-likeness (QED) is 0.633. The Balaban J connectivity index is 1.81. The molecule has 2 heterocycles. The zero-order valence-corrected chi connectivity index (χ0v) is 18.9. The van der Waals surface area contributed by atoms with Gasteiger partial charge in [-0.25, -0.2) is 0 Å². The second-order valence-corrected chi connectivity index (χ2v) is 9.12. The molecule has 1 aromatic heterocycles. The van der Waals surface area contributed by atoms with Crippen LogP contribution in [0.2, 0.25) is 0 Å². The van der Waals surface area contributed by atoms with E-state index < -0.39 is 5.56 Å². The highest BCUT2D eigenvalue weighted by atomic mass is 16.5. The number of rotatable bonds is 7. The van der Waals surface area contributed by atoms with Gasteiger partial charge < -0.3 is 14.2 Å². The monoisotopic (exact) mass is 423 g/mol. The maximum Gasteiger partial charge on any atom is 0.316 e. The van der Waals surface area contributed by atoms with Gasteiger partial charge in [0.15, 0.2) is 5.69 Å². The molecule has 0 bridgehead atoms. The Kier molecular flexibility index (Phi) is 6.17. The molecule has 1 amide bonds. The number of aromatic nitrogens is 2. The normalized spacial score (nSPS) is 20.0. The van der Waals surface area contributed by atoms with Crippen LogP contribution >= 0.6 is 0 Å². The van der Waals surface area contributed by atoms with Gasteiger partial charge in [-0.1, -0.05) is 56.5 Å². The first-order valence-electron chi connectivity index (χ1n) is 11.6. The van der Waals surface area contributed by atoms with Crippen molar-refractivity contribution in [3.63, 3.8) is 0 Å². The van der Waals surface area contributed by atoms with Crippen LogP contribution in [0.5, 0.6) is 5.75 Å². The number of fused-ring (bicyclic) bond motifs is 1. The summed E-state index contributed by atoms with van der Waals surface area (Å²) in [5.41, 5.74) is 1.20. The van der Waals surface area contributed by atoms with Crippen LogP contribution in [0, 0.1) is 0 Å². The Morgan fingerprint density at radius 1 is 1.16 bits per heavy atom. The maximum atomic E-state index is 13.2. The molecule has 0 radical (unpaired) electrons. The van der Waals surface area contributed by atoms with E-state index in [4.69, 9.17) is 4.74 Å². The van der Waals surface area contributed by atoms with Gasteiger partial charge in [-0.05, 0) is 31.7 Å². The fraction of sp³-hybridized carbons (Fsp3) is 0.560. The van der Waals surface area contributed by atoms with Crippen LogP contribution in [0.15, 0.2) is 35.1 Å². The standard InChI is InChI=1S/C25H33N3O3/c1-4-5-15-31-22-21-24(30)27(3)18(2)17-28(21)20(26-23(22)29)16-25(13-9-10-14-25)19-11-7-6-8-12-19/h6-8,11-12,18H,4-5,9-10,13-17H2,1-3H3. The lowest BCUT2D eigenvalue weighted by molar-refractivity contribution is 0.0657. The summed E-state index contributed by atoms with van der Waals surface area (Å²) in [6.45, 7) is 5.14. The second kappa shape index (κ2) is 8.85. The number of carbonyl (C=O) groups excluding carboxylic acids is 1. The van der Waals surface area contributed by atoms with E-state index in [1.165, 1.54) is 18.4 Å². The van der Waals surface area contributed by atoms with Crippen molar-refractivity contribution in [1.29, 1.82) is 0 Å². The lowest BCUT2D eigenvalue weighted by Gasteiger charge is -2.36. The molecule has 1 fully saturated rings. The molecule has 1 aliphatic carbocycles. The molecule has 6 nitrogen and oxygen atoms in total. The van der Waals surface area contributed by atoms with Gasteiger partial charge in [0.1, 0.15) is 5.82 Å². The number of hydrogen-bond donors (Lipinski definition) is 0. The second-order valence-electron chi connectivity index (χ2n) is 9.12. The Morgan fingerprint density at radius 3 is 2.55 bits per heavy atom. The smallest absolute Gasteiger partial charge is 0.316 e. The third-order valence-corrected chi connectivity index (χ3v) is 7.04. The molecule has 0 N–H and O–H groups in total. The number of unbranched alkanes of at least 4 members (excludes halogenated alkanes) is 1. The van der Waals surface area contributed by atoms with E-state index in [0.29, 0.717) is 31.1 Å². The number of hydrogen-bond acceptors (Lipinski definition) is 4. The SMILES string of the molecule is CCCCOc1c2n(c(CC3(c4ccccc4)CCCC3)nc1=O)CC(C)N(C)C2=O. The van der Waals surface area contributed by atoms with E-state index in [1.54, 1.807) is 11.9 Å². The first-order chi connectivity index (χ1) is 15.0. The van der Waals surface area contributed by atoms with E-state index in [0.717, 1.165) is 25.7 Å². The van der Waals surface area contributed by atoms with Gasteiger partial charge in [0.25, 0.3) is 5.91 Å². The zero-order chi connectivity index (χ0) is 22.0. The van der Waals surface area contributed by atoms with Crippen molar-refractivity contribution in [2.75, 3.05) is 13.7 Å². The molecule has 0 spiro atoms. The minimum atomic E-state index is -0.421. The molecule has 31 heavy (non-hydrogen) atoms. The van der Waals surface area contributed by atoms with E-state index in [1.807, 2.05) is 17.6 Å². The Bertz CT molecular complexity index is 993. The molecule has 1 saturated carbocycles. The molecule has 2 aromatic rings. The van der Waals surface area contributed by atoms with Crippen LogP contribution < -0.4 is 10.3 Å². The summed E-state index contributed by atoms with van der Waals surface area (Å²) in [7, 11) is 1.79. The van der Waals surface area contributed by atoms with Gasteiger partial charge in [0.2, 0.25) is 5.75 Å². The molecular weight excluding hydrogens is 390 g/mol. The highest BCUT2D eigenvalue weighted by Crippen LogP contribution is 2.43. The number of ether oxygens (including phenoxy) is 1. The van der Waals surface area contributed by atoms with Crippen LogP contribution in [-0.4, -0.2) is 40.1 Å². The van der Waals surface area contributed by atoms with Gasteiger partial charge in [-0.2, -0.15) is 4.98 Å². The first kappa shape index (κ1) is 21.6. The van der Waals surface area contributed by atoms with Gasteiger partial charge in [-0.15, -0.1) is 0 Å². The lowest BCUT2D eigenvalue weighted by atomic mass is 9.76. The molecular formula is C25H33N3O3. The molecule has 4 rings (SSSR count). The minimum absolute atomic E-state index is 0.0304.